The molecule has 0 saturated carbocycles. The Morgan fingerprint density at radius 2 is 1.87 bits per heavy atom. The van der Waals surface area contributed by atoms with E-state index >= 15 is 0 Å². The van der Waals surface area contributed by atoms with Crippen molar-refractivity contribution in [2.45, 2.75) is 31.3 Å². The number of nitrogens with one attached hydrogen (secondary N) is 1. The number of ether oxygens (including phenoxy) is 1. The first-order valence-corrected chi connectivity index (χ1v) is 12.4. The number of rotatable bonds is 8. The van der Waals surface area contributed by atoms with Crippen LogP contribution < -0.4 is 10.3 Å². The van der Waals surface area contributed by atoms with Crippen molar-refractivity contribution in [1.29, 1.82) is 0 Å². The molecule has 0 aliphatic carbocycles. The number of aromatic amines is 1. The van der Waals surface area contributed by atoms with Crippen LogP contribution in [-0.2, 0) is 0 Å². The van der Waals surface area contributed by atoms with E-state index in [2.05, 4.69) is 48.1 Å². The molecule has 0 spiro atoms. The fraction of sp³-hybridized carbons (Fsp3) is 0.250. The monoisotopic (exact) mass is 470 g/mol. The van der Waals surface area contributed by atoms with Crippen LogP contribution >= 0.6 is 34.7 Å². The second kappa shape index (κ2) is 9.90. The maximum atomic E-state index is 12.8. The lowest BCUT2D eigenvalue weighted by molar-refractivity contribution is 0.318. The van der Waals surface area contributed by atoms with Gasteiger partial charge in [0.2, 0.25) is 0 Å². The summed E-state index contributed by atoms with van der Waals surface area (Å²) in [5.74, 6) is 2.08. The number of fused-ring (bicyclic) bond motifs is 1. The van der Waals surface area contributed by atoms with E-state index in [-0.39, 0.29) is 5.56 Å². The largest absolute Gasteiger partial charge is 0.494 e. The summed E-state index contributed by atoms with van der Waals surface area (Å²) >= 11 is 8.92. The first-order valence-electron chi connectivity index (χ1n) is 10.1. The number of H-pyrrole nitrogens is 1. The molecule has 7 heteroatoms. The van der Waals surface area contributed by atoms with Crippen molar-refractivity contribution in [3.05, 3.63) is 74.9 Å². The Morgan fingerprint density at radius 3 is 2.58 bits per heavy atom. The number of thiophene rings is 1. The van der Waals surface area contributed by atoms with Crippen LogP contribution in [0, 0.1) is 0 Å². The molecule has 2 aromatic carbocycles. The maximum Gasteiger partial charge on any atom is 0.260 e. The van der Waals surface area contributed by atoms with Gasteiger partial charge in [-0.2, -0.15) is 0 Å². The zero-order chi connectivity index (χ0) is 21.8. The molecule has 0 fully saturated rings. The molecule has 0 atom stereocenters. The third-order valence-electron chi connectivity index (χ3n) is 4.92. The van der Waals surface area contributed by atoms with Gasteiger partial charge in [-0.05, 0) is 47.7 Å². The summed E-state index contributed by atoms with van der Waals surface area (Å²) in [7, 11) is 0. The fourth-order valence-electron chi connectivity index (χ4n) is 3.21. The highest BCUT2D eigenvalue weighted by molar-refractivity contribution is 7.99. The molecular weight excluding hydrogens is 448 g/mol. The van der Waals surface area contributed by atoms with Crippen molar-refractivity contribution < 1.29 is 4.74 Å². The van der Waals surface area contributed by atoms with Gasteiger partial charge >= 0.3 is 0 Å². The minimum absolute atomic E-state index is 0.0888. The number of hydrogen-bond donors (Lipinski definition) is 1. The Bertz CT molecular complexity index is 1220. The predicted octanol–water partition coefficient (Wildman–Crippen LogP) is 6.99. The van der Waals surface area contributed by atoms with E-state index in [1.165, 1.54) is 28.7 Å². The summed E-state index contributed by atoms with van der Waals surface area (Å²) in [4.78, 5) is 21.2. The van der Waals surface area contributed by atoms with Crippen LogP contribution in [0.4, 0.5) is 0 Å². The van der Waals surface area contributed by atoms with Crippen LogP contribution in [0.1, 0.15) is 31.7 Å². The lowest BCUT2D eigenvalue weighted by Gasteiger charge is -2.07. The molecule has 4 rings (SSSR count). The quantitative estimate of drug-likeness (QED) is 0.171. The summed E-state index contributed by atoms with van der Waals surface area (Å²) in [5, 5.41) is 4.02. The Morgan fingerprint density at radius 1 is 1.13 bits per heavy atom. The summed E-state index contributed by atoms with van der Waals surface area (Å²) in [5.41, 5.74) is 3.18. The lowest BCUT2D eigenvalue weighted by Crippen LogP contribution is -2.09. The fourth-order valence-corrected chi connectivity index (χ4v) is 5.11. The Kier molecular flexibility index (Phi) is 7.00. The van der Waals surface area contributed by atoms with E-state index < -0.39 is 0 Å². The molecule has 0 bridgehead atoms. The van der Waals surface area contributed by atoms with Gasteiger partial charge in [-0.25, -0.2) is 4.98 Å². The number of halogens is 1. The van der Waals surface area contributed by atoms with Crippen LogP contribution in [0.2, 0.25) is 5.02 Å². The molecule has 0 unspecified atom stereocenters. The lowest BCUT2D eigenvalue weighted by atomic mass is 9.99. The summed E-state index contributed by atoms with van der Waals surface area (Å²) in [6.07, 6.45) is 0.840. The molecule has 0 radical (unpaired) electrons. The second-order valence-corrected chi connectivity index (χ2v) is 9.86. The van der Waals surface area contributed by atoms with E-state index in [1.807, 2.05) is 29.6 Å². The highest BCUT2D eigenvalue weighted by atomic mass is 35.5. The van der Waals surface area contributed by atoms with Crippen molar-refractivity contribution >= 4 is 44.9 Å². The van der Waals surface area contributed by atoms with Crippen LogP contribution in [0.25, 0.3) is 21.3 Å². The van der Waals surface area contributed by atoms with E-state index in [0.717, 1.165) is 33.9 Å². The normalized spacial score (nSPS) is 11.4. The van der Waals surface area contributed by atoms with Crippen LogP contribution in [0.15, 0.2) is 63.9 Å². The first-order chi connectivity index (χ1) is 15.0. The molecule has 160 valence electrons. The minimum Gasteiger partial charge on any atom is -0.494 e. The van der Waals surface area contributed by atoms with Gasteiger partial charge in [-0.15, -0.1) is 11.3 Å². The van der Waals surface area contributed by atoms with Gasteiger partial charge in [0, 0.05) is 21.7 Å². The number of hydrogen-bond acceptors (Lipinski definition) is 5. The molecule has 0 aliphatic rings. The molecule has 0 saturated heterocycles. The van der Waals surface area contributed by atoms with Gasteiger partial charge in [-0.3, -0.25) is 4.79 Å². The van der Waals surface area contributed by atoms with Gasteiger partial charge in [0.25, 0.3) is 5.56 Å². The molecule has 0 aliphatic heterocycles. The number of thioether (sulfide) groups is 1. The first kappa shape index (κ1) is 21.9. The van der Waals surface area contributed by atoms with Gasteiger partial charge in [0.15, 0.2) is 5.16 Å². The van der Waals surface area contributed by atoms with E-state index in [9.17, 15) is 4.79 Å². The summed E-state index contributed by atoms with van der Waals surface area (Å²) < 4.78 is 5.71. The third-order valence-corrected chi connectivity index (χ3v) is 7.00. The molecule has 1 N–H and O–H groups in total. The van der Waals surface area contributed by atoms with Crippen molar-refractivity contribution in [3.8, 4) is 16.9 Å². The topological polar surface area (TPSA) is 55.0 Å². The van der Waals surface area contributed by atoms with Crippen LogP contribution in [0.3, 0.4) is 0 Å². The standard InChI is InChI=1S/C24H23ClN2O2S2/c1-15(2)16-4-6-17(7-5-16)20-14-31-23-21(20)22(28)26-24(27-23)30-13-3-12-29-19-10-8-18(25)9-11-19/h4-11,14-15H,3,12-13H2,1-2H3,(H,26,27,28). The van der Waals surface area contributed by atoms with E-state index in [0.29, 0.717) is 28.1 Å². The maximum absolute atomic E-state index is 12.8. The molecular formula is C24H23ClN2O2S2. The van der Waals surface area contributed by atoms with Gasteiger partial charge in [-0.1, -0.05) is 61.5 Å². The highest BCUT2D eigenvalue weighted by Gasteiger charge is 2.13. The van der Waals surface area contributed by atoms with E-state index in [1.54, 1.807) is 0 Å². The van der Waals surface area contributed by atoms with Crippen LogP contribution in [-0.4, -0.2) is 22.3 Å². The summed E-state index contributed by atoms with van der Waals surface area (Å²) in [6.45, 7) is 4.94. The zero-order valence-electron chi connectivity index (χ0n) is 17.4. The smallest absolute Gasteiger partial charge is 0.260 e. The van der Waals surface area contributed by atoms with Crippen molar-refractivity contribution in [2.24, 2.45) is 0 Å². The van der Waals surface area contributed by atoms with E-state index in [4.69, 9.17) is 16.3 Å². The second-order valence-electron chi connectivity index (χ2n) is 7.48. The average Bonchev–Trinajstić information content (AvgIpc) is 3.19. The zero-order valence-corrected chi connectivity index (χ0v) is 19.7. The van der Waals surface area contributed by atoms with Gasteiger partial charge in [0.1, 0.15) is 10.6 Å². The third kappa shape index (κ3) is 5.32. The molecule has 4 nitrogen and oxygen atoms in total. The Hall–Kier alpha value is -2.28. The predicted molar refractivity (Wildman–Crippen MR) is 132 cm³/mol. The molecule has 2 aromatic heterocycles. The number of benzene rings is 2. The number of nitrogens with zero attached hydrogens (tertiary/aromatic N) is 1. The molecule has 4 aromatic rings. The Balaban J connectivity index is 1.40. The molecule has 2 heterocycles. The van der Waals surface area contributed by atoms with Crippen LogP contribution in [0.5, 0.6) is 5.75 Å². The van der Waals surface area contributed by atoms with Gasteiger partial charge in [0.05, 0.1) is 12.0 Å². The minimum atomic E-state index is -0.0888. The molecule has 0 amide bonds. The van der Waals surface area contributed by atoms with Crippen molar-refractivity contribution in [2.75, 3.05) is 12.4 Å². The van der Waals surface area contributed by atoms with Crippen molar-refractivity contribution in [1.82, 2.24) is 9.97 Å². The highest BCUT2D eigenvalue weighted by Crippen LogP contribution is 2.32. The van der Waals surface area contributed by atoms with Gasteiger partial charge < -0.3 is 9.72 Å². The van der Waals surface area contributed by atoms with Crippen molar-refractivity contribution in [3.63, 3.8) is 0 Å². The Labute approximate surface area is 194 Å². The summed E-state index contributed by atoms with van der Waals surface area (Å²) in [6, 6.07) is 15.7. The number of aromatic nitrogens is 2. The average molecular weight is 471 g/mol. The molecule has 31 heavy (non-hydrogen) atoms. The SMILES string of the molecule is CC(C)c1ccc(-c2csc3nc(SCCCOc4ccc(Cl)cc4)[nH]c(=O)c23)cc1.